The summed E-state index contributed by atoms with van der Waals surface area (Å²) in [5.41, 5.74) is 4.39. The van der Waals surface area contributed by atoms with Crippen LogP contribution < -0.4 is 17.0 Å². The molecule has 0 amide bonds. The van der Waals surface area contributed by atoms with Crippen LogP contribution >= 0.6 is 13.5 Å². The van der Waals surface area contributed by atoms with Gasteiger partial charge in [-0.2, -0.15) is 0 Å². The largest absolute Gasteiger partial charge is 0.660 e. The Bertz CT molecular complexity index is 1730. The number of hydrogen-bond acceptors (Lipinski definition) is 15. The Morgan fingerprint density at radius 1 is 1.05 bits per heavy atom. The van der Waals surface area contributed by atoms with Crippen LogP contribution in [0.15, 0.2) is 34.5 Å². The molecule has 3 saturated heterocycles. The average Bonchev–Trinajstić information content (AvgIpc) is 3.57. The van der Waals surface area contributed by atoms with Crippen molar-refractivity contribution >= 4 is 54.6 Å². The SMILES string of the molecule is Nc1ncnc2c1ncn2[C@@H]1O[C@@H]2COP(O)(=S)O[C@H]3[C@@H](F)[C@H](n4ccc(=O)[nH]c4=O)O[C@@H]3COP(=O)([S-])O[C@@H]1[C@@H]2F. The van der Waals surface area contributed by atoms with Gasteiger partial charge in [-0.3, -0.25) is 28.0 Å². The van der Waals surface area contributed by atoms with Crippen molar-refractivity contribution in [1.29, 1.82) is 0 Å². The van der Waals surface area contributed by atoms with Crippen LogP contribution in [0.2, 0.25) is 0 Å². The molecule has 3 aliphatic heterocycles. The molecule has 0 aliphatic carbocycles. The van der Waals surface area contributed by atoms with Gasteiger partial charge in [-0.25, -0.2) is 28.5 Å². The number of nitrogen functional groups attached to an aromatic ring is 1. The van der Waals surface area contributed by atoms with E-state index in [-0.39, 0.29) is 17.0 Å². The van der Waals surface area contributed by atoms with Gasteiger partial charge in [0.1, 0.15) is 36.3 Å². The highest BCUT2D eigenvalue weighted by Gasteiger charge is 2.53. The summed E-state index contributed by atoms with van der Waals surface area (Å²) in [7, 11) is 0. The first-order valence-corrected chi connectivity index (χ1v) is 17.1. The van der Waals surface area contributed by atoms with E-state index in [1.165, 1.54) is 10.9 Å². The molecule has 2 unspecified atom stereocenters. The fourth-order valence-electron chi connectivity index (χ4n) is 4.72. The molecular formula is C19H20F2N7O10P2S2-. The molecule has 2 bridgehead atoms. The summed E-state index contributed by atoms with van der Waals surface area (Å²) in [5, 5.41) is 0. The summed E-state index contributed by atoms with van der Waals surface area (Å²) in [6.45, 7) is -10.4. The predicted octanol–water partition coefficient (Wildman–Crippen LogP) is 0.119. The van der Waals surface area contributed by atoms with Gasteiger partial charge < -0.3 is 45.9 Å². The second-order valence-corrected chi connectivity index (χ2v) is 14.8. The molecule has 23 heteroatoms. The number of rotatable bonds is 2. The van der Waals surface area contributed by atoms with Crippen molar-refractivity contribution in [2.75, 3.05) is 18.9 Å². The van der Waals surface area contributed by atoms with E-state index in [4.69, 9.17) is 57.4 Å². The molecule has 0 aromatic carbocycles. The first kappa shape index (κ1) is 29.9. The minimum atomic E-state index is -4.58. The van der Waals surface area contributed by atoms with Gasteiger partial charge in [-0.05, 0) is 11.8 Å². The number of anilines is 1. The zero-order chi connectivity index (χ0) is 30.0. The summed E-state index contributed by atoms with van der Waals surface area (Å²) < 4.78 is 79.3. The number of ether oxygens (including phenoxy) is 2. The molecule has 4 N–H and O–H groups in total. The number of aromatic amines is 1. The topological polar surface area (TPSA) is 217 Å². The monoisotopic (exact) mass is 670 g/mol. The second-order valence-electron chi connectivity index (χ2n) is 9.27. The number of nitrogens with zero attached hydrogens (tertiary/aromatic N) is 5. The van der Waals surface area contributed by atoms with Crippen LogP contribution in [0, 0.1) is 0 Å². The summed E-state index contributed by atoms with van der Waals surface area (Å²) in [6.07, 6.45) is -10.4. The summed E-state index contributed by atoms with van der Waals surface area (Å²) in [6, 6.07) is 0.956. The molecule has 228 valence electrons. The first-order valence-electron chi connectivity index (χ1n) is 12.0. The van der Waals surface area contributed by atoms with Crippen LogP contribution in [0.4, 0.5) is 14.6 Å². The average molecular weight is 670 g/mol. The van der Waals surface area contributed by atoms with Crippen LogP contribution in [-0.2, 0) is 56.2 Å². The number of halogens is 2. The normalized spacial score (nSPS) is 39.3. The highest BCUT2D eigenvalue weighted by molar-refractivity contribution is 8.32. The number of hydrogen-bond donors (Lipinski definition) is 3. The van der Waals surface area contributed by atoms with Crippen molar-refractivity contribution in [1.82, 2.24) is 29.1 Å². The maximum absolute atomic E-state index is 15.7. The number of aromatic nitrogens is 6. The highest BCUT2D eigenvalue weighted by atomic mass is 32.7. The van der Waals surface area contributed by atoms with E-state index in [0.717, 1.165) is 23.2 Å². The van der Waals surface area contributed by atoms with Crippen molar-refractivity contribution in [2.24, 2.45) is 0 Å². The Morgan fingerprint density at radius 2 is 1.79 bits per heavy atom. The number of imidazole rings is 1. The van der Waals surface area contributed by atoms with Crippen molar-refractivity contribution < 1.29 is 45.8 Å². The minimum Gasteiger partial charge on any atom is -0.660 e. The highest BCUT2D eigenvalue weighted by Crippen LogP contribution is 2.55. The van der Waals surface area contributed by atoms with E-state index in [1.54, 1.807) is 0 Å². The fraction of sp³-hybridized carbons (Fsp3) is 0.526. The number of H-pyrrole nitrogens is 1. The van der Waals surface area contributed by atoms with E-state index >= 15 is 8.78 Å². The summed E-state index contributed by atoms with van der Waals surface area (Å²) in [4.78, 5) is 48.5. The van der Waals surface area contributed by atoms with E-state index in [9.17, 15) is 19.0 Å². The molecular weight excluding hydrogens is 650 g/mol. The van der Waals surface area contributed by atoms with Gasteiger partial charge in [0, 0.05) is 12.3 Å². The van der Waals surface area contributed by atoms with Crippen molar-refractivity contribution in [3.8, 4) is 0 Å². The molecule has 0 spiro atoms. The smallest absolute Gasteiger partial charge is 0.330 e. The van der Waals surface area contributed by atoms with Gasteiger partial charge in [-0.1, -0.05) is 0 Å². The van der Waals surface area contributed by atoms with Crippen molar-refractivity contribution in [3.63, 3.8) is 0 Å². The molecule has 42 heavy (non-hydrogen) atoms. The standard InChI is InChI=1S/C19H21F2N7O10P2S2/c20-10-7-3-33-39(31,41)37-13-8(36-17(11(13)21)27-2-1-9(29)26-19(27)30)4-34-40(32,42)38-14(10)18(35-7)28-6-25-12-15(22)23-5-24-16(12)28/h1-2,5-8,10-11,13-14,17-18H,3-4H2,(H,31,41)(H,32,42)(H2,22,23,24)(H,26,29,30)/p-1/t7-,8-,10-,11-,13-,14-,17-,18-,39?,40?/m1/s1. The molecule has 10 atom stereocenters. The second kappa shape index (κ2) is 11.1. The first-order chi connectivity index (χ1) is 19.8. The maximum Gasteiger partial charge on any atom is 0.330 e. The maximum atomic E-state index is 15.7. The van der Waals surface area contributed by atoms with Gasteiger partial charge in [0.25, 0.3) is 5.56 Å². The lowest BCUT2D eigenvalue weighted by atomic mass is 10.1. The summed E-state index contributed by atoms with van der Waals surface area (Å²) in [5.74, 6) is 0.0307. The van der Waals surface area contributed by atoms with Gasteiger partial charge >= 0.3 is 12.4 Å². The zero-order valence-corrected chi connectivity index (χ0v) is 24.2. The van der Waals surface area contributed by atoms with Crippen molar-refractivity contribution in [3.05, 3.63) is 45.8 Å². The van der Waals surface area contributed by atoms with E-state index < -0.39 is 87.2 Å². The van der Waals surface area contributed by atoms with Gasteiger partial charge in [0.15, 0.2) is 36.3 Å². The molecule has 3 aromatic rings. The third-order valence-electron chi connectivity index (χ3n) is 6.62. The molecule has 6 heterocycles. The zero-order valence-electron chi connectivity index (χ0n) is 20.7. The number of nitrogens with one attached hydrogen (secondary N) is 1. The van der Waals surface area contributed by atoms with Crippen LogP contribution in [0.1, 0.15) is 12.5 Å². The lowest BCUT2D eigenvalue weighted by Gasteiger charge is -2.31. The molecule has 6 rings (SSSR count). The van der Waals surface area contributed by atoms with E-state index in [1.807, 2.05) is 4.98 Å². The van der Waals surface area contributed by atoms with Crippen LogP contribution in [0.5, 0.6) is 0 Å². The summed E-state index contributed by atoms with van der Waals surface area (Å²) >= 11 is 10.0. The van der Waals surface area contributed by atoms with E-state index in [2.05, 4.69) is 15.0 Å². The quantitative estimate of drug-likeness (QED) is 0.244. The van der Waals surface area contributed by atoms with Gasteiger partial charge in [-0.15, -0.1) is 0 Å². The van der Waals surface area contributed by atoms with Crippen LogP contribution in [0.3, 0.4) is 0 Å². The molecule has 17 nitrogen and oxygen atoms in total. The predicted molar refractivity (Wildman–Crippen MR) is 142 cm³/mol. The van der Waals surface area contributed by atoms with Crippen molar-refractivity contribution in [2.45, 2.75) is 49.2 Å². The molecule has 3 fully saturated rings. The number of nitrogens with two attached hydrogens (primary N) is 1. The Kier molecular flexibility index (Phi) is 7.89. The third-order valence-corrected chi connectivity index (χ3v) is 9.72. The van der Waals surface area contributed by atoms with Gasteiger partial charge in [0.05, 0.1) is 19.5 Å². The third kappa shape index (κ3) is 5.59. The lowest BCUT2D eigenvalue weighted by Crippen LogP contribution is -2.36. The van der Waals surface area contributed by atoms with Crippen LogP contribution in [0.25, 0.3) is 11.2 Å². The molecule has 3 aliphatic rings. The Morgan fingerprint density at radius 3 is 2.55 bits per heavy atom. The molecule has 0 radical (unpaired) electrons. The lowest BCUT2D eigenvalue weighted by molar-refractivity contribution is -0.0589. The van der Waals surface area contributed by atoms with E-state index in [0.29, 0.717) is 0 Å². The Hall–Kier alpha value is -2.16. The Balaban J connectivity index is 1.32. The number of alkyl halides is 2. The number of fused-ring (bicyclic) bond motifs is 4. The Labute approximate surface area is 243 Å². The van der Waals surface area contributed by atoms with Crippen LogP contribution in [-0.4, -0.2) is 83.9 Å². The van der Waals surface area contributed by atoms with Gasteiger partial charge in [0.2, 0.25) is 6.80 Å². The molecule has 3 aromatic heterocycles. The fourth-order valence-corrected chi connectivity index (χ4v) is 7.55. The minimum absolute atomic E-state index is 0.0307. The molecule has 0 saturated carbocycles.